The summed E-state index contributed by atoms with van der Waals surface area (Å²) in [5.74, 6) is 0.460. The van der Waals surface area contributed by atoms with Crippen LogP contribution < -0.4 is 10.1 Å². The van der Waals surface area contributed by atoms with E-state index in [0.717, 1.165) is 18.4 Å². The van der Waals surface area contributed by atoms with Gasteiger partial charge in [0.15, 0.2) is 0 Å². The van der Waals surface area contributed by atoms with Crippen molar-refractivity contribution in [1.82, 2.24) is 15.2 Å². The van der Waals surface area contributed by atoms with E-state index in [9.17, 15) is 9.59 Å². The Morgan fingerprint density at radius 1 is 1.32 bits per heavy atom. The molecular weight excluding hydrogens is 358 g/mol. The number of hydrogen-bond acceptors (Lipinski definition) is 5. The lowest BCUT2D eigenvalue weighted by atomic mass is 9.95. The molecule has 0 saturated carbocycles. The predicted octanol–water partition coefficient (Wildman–Crippen LogP) is 3.02. The van der Waals surface area contributed by atoms with Gasteiger partial charge in [0, 0.05) is 37.3 Å². The number of furan rings is 1. The molecule has 0 unspecified atom stereocenters. The second-order valence-corrected chi connectivity index (χ2v) is 6.97. The SMILES string of the molecule is CCCCOc1ncccc1CNC(=O)C1CCN(C(=O)c2ccoc2)CC1. The highest BCUT2D eigenvalue weighted by Crippen LogP contribution is 2.20. The van der Waals surface area contributed by atoms with Gasteiger partial charge < -0.3 is 19.4 Å². The first-order chi connectivity index (χ1) is 13.7. The minimum Gasteiger partial charge on any atom is -0.477 e. The second-order valence-electron chi connectivity index (χ2n) is 6.97. The Kier molecular flexibility index (Phi) is 7.06. The van der Waals surface area contributed by atoms with E-state index in [1.165, 1.54) is 12.5 Å². The van der Waals surface area contributed by atoms with Gasteiger partial charge in [0.05, 0.1) is 18.4 Å². The number of hydrogen-bond donors (Lipinski definition) is 1. The van der Waals surface area contributed by atoms with Crippen LogP contribution in [-0.2, 0) is 11.3 Å². The van der Waals surface area contributed by atoms with Crippen molar-refractivity contribution in [3.63, 3.8) is 0 Å². The Hall–Kier alpha value is -2.83. The van der Waals surface area contributed by atoms with Gasteiger partial charge in [-0.2, -0.15) is 0 Å². The maximum Gasteiger partial charge on any atom is 0.257 e. The van der Waals surface area contributed by atoms with Gasteiger partial charge in [-0.3, -0.25) is 9.59 Å². The maximum absolute atomic E-state index is 12.6. The van der Waals surface area contributed by atoms with E-state index in [1.807, 2.05) is 12.1 Å². The fourth-order valence-corrected chi connectivity index (χ4v) is 3.24. The van der Waals surface area contributed by atoms with E-state index in [0.29, 0.717) is 50.5 Å². The third-order valence-corrected chi connectivity index (χ3v) is 4.96. The fourth-order valence-electron chi connectivity index (χ4n) is 3.24. The Morgan fingerprint density at radius 3 is 2.86 bits per heavy atom. The van der Waals surface area contributed by atoms with Gasteiger partial charge in [0.2, 0.25) is 11.8 Å². The average Bonchev–Trinajstić information content (AvgIpc) is 3.27. The molecule has 2 aromatic heterocycles. The number of ether oxygens (including phenoxy) is 1. The minimum atomic E-state index is -0.0884. The zero-order valence-electron chi connectivity index (χ0n) is 16.2. The van der Waals surface area contributed by atoms with Crippen molar-refractivity contribution in [1.29, 1.82) is 0 Å². The van der Waals surface area contributed by atoms with Gasteiger partial charge in [-0.25, -0.2) is 4.98 Å². The summed E-state index contributed by atoms with van der Waals surface area (Å²) in [6, 6.07) is 5.42. The zero-order valence-corrected chi connectivity index (χ0v) is 16.2. The first kappa shape index (κ1) is 19.9. The lowest BCUT2D eigenvalue weighted by Gasteiger charge is -2.31. The zero-order chi connectivity index (χ0) is 19.8. The van der Waals surface area contributed by atoms with E-state index in [1.54, 1.807) is 17.2 Å². The highest BCUT2D eigenvalue weighted by molar-refractivity contribution is 5.94. The summed E-state index contributed by atoms with van der Waals surface area (Å²) >= 11 is 0. The molecule has 28 heavy (non-hydrogen) atoms. The molecule has 3 rings (SSSR count). The molecule has 0 atom stereocenters. The third kappa shape index (κ3) is 5.12. The number of piperidine rings is 1. The van der Waals surface area contributed by atoms with Crippen LogP contribution in [-0.4, -0.2) is 41.4 Å². The quantitative estimate of drug-likeness (QED) is 0.706. The number of nitrogens with one attached hydrogen (secondary N) is 1. The molecule has 1 saturated heterocycles. The first-order valence-corrected chi connectivity index (χ1v) is 9.85. The standard InChI is InChI=1S/C21H27N3O4/c1-2-3-12-28-20-17(5-4-9-22-20)14-23-19(25)16-6-10-24(11-7-16)21(26)18-8-13-27-15-18/h4-5,8-9,13,15-16H,2-3,6-7,10-12,14H2,1H3,(H,23,25). The van der Waals surface area contributed by atoms with E-state index >= 15 is 0 Å². The van der Waals surface area contributed by atoms with E-state index < -0.39 is 0 Å². The van der Waals surface area contributed by atoms with Crippen LogP contribution in [0.15, 0.2) is 41.3 Å². The minimum absolute atomic E-state index is 0.0128. The van der Waals surface area contributed by atoms with E-state index in [2.05, 4.69) is 17.2 Å². The molecule has 7 heteroatoms. The topological polar surface area (TPSA) is 84.7 Å². The van der Waals surface area contributed by atoms with E-state index in [4.69, 9.17) is 9.15 Å². The number of aromatic nitrogens is 1. The molecule has 0 spiro atoms. The Bertz CT molecular complexity index is 768. The number of likely N-dealkylation sites (tertiary alicyclic amines) is 1. The lowest BCUT2D eigenvalue weighted by molar-refractivity contribution is -0.126. The third-order valence-electron chi connectivity index (χ3n) is 4.96. The van der Waals surface area contributed by atoms with Crippen molar-refractivity contribution in [3.05, 3.63) is 48.0 Å². The van der Waals surface area contributed by atoms with Gasteiger partial charge in [-0.05, 0) is 31.4 Å². The monoisotopic (exact) mass is 385 g/mol. The van der Waals surface area contributed by atoms with Crippen LogP contribution in [0.2, 0.25) is 0 Å². The van der Waals surface area contributed by atoms with Crippen LogP contribution in [0.3, 0.4) is 0 Å². The van der Waals surface area contributed by atoms with E-state index in [-0.39, 0.29) is 17.7 Å². The molecule has 0 aliphatic carbocycles. The van der Waals surface area contributed by atoms with Crippen LogP contribution in [0.1, 0.15) is 48.5 Å². The molecule has 1 aliphatic heterocycles. The predicted molar refractivity (Wildman–Crippen MR) is 104 cm³/mol. The van der Waals surface area contributed by atoms with Crippen LogP contribution in [0.5, 0.6) is 5.88 Å². The number of nitrogens with zero attached hydrogens (tertiary/aromatic N) is 2. The summed E-state index contributed by atoms with van der Waals surface area (Å²) in [7, 11) is 0. The summed E-state index contributed by atoms with van der Waals surface area (Å²) in [6.45, 7) is 4.26. The summed E-state index contributed by atoms with van der Waals surface area (Å²) in [4.78, 5) is 30.9. The Balaban J connectivity index is 1.47. The van der Waals surface area contributed by atoms with Crippen molar-refractivity contribution < 1.29 is 18.7 Å². The Labute approximate surface area is 165 Å². The smallest absolute Gasteiger partial charge is 0.257 e. The molecule has 1 aliphatic rings. The van der Waals surface area contributed by atoms with Crippen LogP contribution in [0.25, 0.3) is 0 Å². The Morgan fingerprint density at radius 2 is 2.14 bits per heavy atom. The van der Waals surface area contributed by atoms with Crippen molar-refractivity contribution in [2.45, 2.75) is 39.2 Å². The fraction of sp³-hybridized carbons (Fsp3) is 0.476. The highest BCUT2D eigenvalue weighted by atomic mass is 16.5. The first-order valence-electron chi connectivity index (χ1n) is 9.85. The van der Waals surface area contributed by atoms with Gasteiger partial charge in [0.25, 0.3) is 5.91 Å². The molecule has 0 aromatic carbocycles. The number of amides is 2. The summed E-state index contributed by atoms with van der Waals surface area (Å²) in [6.07, 6.45) is 7.98. The molecule has 3 heterocycles. The molecule has 2 amide bonds. The second kappa shape index (κ2) is 9.92. The van der Waals surface area contributed by atoms with Crippen LogP contribution >= 0.6 is 0 Å². The average molecular weight is 385 g/mol. The normalized spacial score (nSPS) is 14.7. The van der Waals surface area contributed by atoms with Crippen LogP contribution in [0.4, 0.5) is 0 Å². The summed E-state index contributed by atoms with van der Waals surface area (Å²) in [5, 5.41) is 2.99. The molecule has 0 bridgehead atoms. The van der Waals surface area contributed by atoms with Crippen molar-refractivity contribution in [3.8, 4) is 5.88 Å². The molecule has 150 valence electrons. The summed E-state index contributed by atoms with van der Waals surface area (Å²) < 4.78 is 10.7. The number of rotatable bonds is 8. The van der Waals surface area contributed by atoms with Crippen LogP contribution in [0, 0.1) is 5.92 Å². The molecule has 7 nitrogen and oxygen atoms in total. The van der Waals surface area contributed by atoms with Gasteiger partial charge >= 0.3 is 0 Å². The number of carbonyl (C=O) groups excluding carboxylic acids is 2. The van der Waals surface area contributed by atoms with Crippen molar-refractivity contribution in [2.24, 2.45) is 5.92 Å². The van der Waals surface area contributed by atoms with Gasteiger partial charge in [-0.1, -0.05) is 19.4 Å². The number of pyridine rings is 1. The number of unbranched alkanes of at least 4 members (excludes halogenated alkanes) is 1. The molecular formula is C21H27N3O4. The van der Waals surface area contributed by atoms with Gasteiger partial charge in [-0.15, -0.1) is 0 Å². The maximum atomic E-state index is 12.6. The van der Waals surface area contributed by atoms with Crippen molar-refractivity contribution >= 4 is 11.8 Å². The molecule has 1 fully saturated rings. The lowest BCUT2D eigenvalue weighted by Crippen LogP contribution is -2.42. The molecule has 1 N–H and O–H groups in total. The number of carbonyl (C=O) groups is 2. The molecule has 2 aromatic rings. The largest absolute Gasteiger partial charge is 0.477 e. The molecule has 0 radical (unpaired) electrons. The highest BCUT2D eigenvalue weighted by Gasteiger charge is 2.28. The summed E-state index contributed by atoms with van der Waals surface area (Å²) in [5.41, 5.74) is 1.43. The van der Waals surface area contributed by atoms with Crippen molar-refractivity contribution in [2.75, 3.05) is 19.7 Å². The van der Waals surface area contributed by atoms with Gasteiger partial charge in [0.1, 0.15) is 6.26 Å².